The van der Waals surface area contributed by atoms with Crippen LogP contribution >= 0.6 is 24.0 Å². The molecule has 0 spiro atoms. The van der Waals surface area contributed by atoms with Gasteiger partial charge in [-0.1, -0.05) is 0 Å². The first kappa shape index (κ1) is 24.2. The molecule has 0 aliphatic rings. The molecule has 7 nitrogen and oxygen atoms in total. The molecule has 0 bridgehead atoms. The van der Waals surface area contributed by atoms with Gasteiger partial charge in [-0.15, -0.1) is 24.0 Å². The molecule has 0 unspecified atom stereocenters. The normalized spacial score (nSPS) is 11.4. The molecule has 0 amide bonds. The van der Waals surface area contributed by atoms with Gasteiger partial charge >= 0.3 is 0 Å². The second kappa shape index (κ2) is 16.6. The van der Waals surface area contributed by atoms with Crippen LogP contribution in [-0.2, 0) is 16.1 Å². The van der Waals surface area contributed by atoms with E-state index in [1.54, 1.807) is 20.4 Å². The molecule has 0 saturated carbocycles. The number of halogens is 1. The van der Waals surface area contributed by atoms with Crippen molar-refractivity contribution in [3.05, 3.63) is 24.2 Å². The Morgan fingerprint density at radius 3 is 2.68 bits per heavy atom. The lowest BCUT2D eigenvalue weighted by Gasteiger charge is -2.18. The van der Waals surface area contributed by atoms with Gasteiger partial charge in [0.15, 0.2) is 5.96 Å². The summed E-state index contributed by atoms with van der Waals surface area (Å²) < 4.78 is 15.8. The van der Waals surface area contributed by atoms with E-state index in [1.807, 2.05) is 12.1 Å². The van der Waals surface area contributed by atoms with Crippen LogP contribution in [0.25, 0.3) is 0 Å². The number of aliphatic imine (C=N–C) groups is 1. The van der Waals surface area contributed by atoms with Crippen LogP contribution in [0.5, 0.6) is 0 Å². The summed E-state index contributed by atoms with van der Waals surface area (Å²) in [5, 5.41) is 6.60. The first-order valence-corrected chi connectivity index (χ1v) is 8.48. The molecule has 8 heteroatoms. The van der Waals surface area contributed by atoms with Crippen molar-refractivity contribution in [1.29, 1.82) is 0 Å². The zero-order valence-electron chi connectivity index (χ0n) is 15.6. The summed E-state index contributed by atoms with van der Waals surface area (Å²) in [4.78, 5) is 6.50. The zero-order valence-corrected chi connectivity index (χ0v) is 18.0. The molecule has 1 aromatic heterocycles. The van der Waals surface area contributed by atoms with E-state index < -0.39 is 0 Å². The van der Waals surface area contributed by atoms with Crippen molar-refractivity contribution in [2.45, 2.75) is 19.4 Å². The van der Waals surface area contributed by atoms with E-state index in [1.165, 1.54) is 0 Å². The molecule has 0 atom stereocenters. The van der Waals surface area contributed by atoms with Gasteiger partial charge in [-0.3, -0.25) is 4.99 Å². The van der Waals surface area contributed by atoms with Gasteiger partial charge in [-0.2, -0.15) is 0 Å². The molecule has 25 heavy (non-hydrogen) atoms. The Balaban J connectivity index is 0.00000576. The second-order valence-electron chi connectivity index (χ2n) is 5.56. The summed E-state index contributed by atoms with van der Waals surface area (Å²) in [6.07, 6.45) is 3.63. The van der Waals surface area contributed by atoms with Crippen LogP contribution in [-0.4, -0.2) is 71.5 Å². The zero-order chi connectivity index (χ0) is 17.5. The van der Waals surface area contributed by atoms with Crippen molar-refractivity contribution >= 4 is 29.9 Å². The maximum absolute atomic E-state index is 5.54. The monoisotopic (exact) mass is 468 g/mol. The van der Waals surface area contributed by atoms with Crippen LogP contribution in [0, 0.1) is 0 Å². The highest BCUT2D eigenvalue weighted by Gasteiger charge is 2.01. The molecule has 1 aromatic rings. The molecule has 146 valence electrons. The highest BCUT2D eigenvalue weighted by atomic mass is 127. The summed E-state index contributed by atoms with van der Waals surface area (Å²) in [5.74, 6) is 1.68. The maximum atomic E-state index is 5.54. The molecule has 1 rings (SSSR count). The Morgan fingerprint density at radius 2 is 2.00 bits per heavy atom. The topological polar surface area (TPSA) is 71.3 Å². The lowest BCUT2D eigenvalue weighted by Crippen LogP contribution is -2.41. The Labute approximate surface area is 168 Å². The third-order valence-corrected chi connectivity index (χ3v) is 3.48. The molecule has 2 N–H and O–H groups in total. The number of likely N-dealkylation sites (N-methyl/N-ethyl adjacent to an activating group) is 1. The second-order valence-corrected chi connectivity index (χ2v) is 5.56. The van der Waals surface area contributed by atoms with Gasteiger partial charge in [0.2, 0.25) is 0 Å². The molecule has 0 aliphatic carbocycles. The number of furan rings is 1. The van der Waals surface area contributed by atoms with Gasteiger partial charge in [-0.05, 0) is 32.0 Å². The van der Waals surface area contributed by atoms with Crippen LogP contribution in [0.1, 0.15) is 18.6 Å². The third-order valence-electron chi connectivity index (χ3n) is 3.48. The number of methoxy groups -OCH3 is 1. The summed E-state index contributed by atoms with van der Waals surface area (Å²) in [5.41, 5.74) is 0. The Hall–Kier alpha value is -0.840. The molecule has 0 saturated heterocycles. The minimum atomic E-state index is 0. The fourth-order valence-corrected chi connectivity index (χ4v) is 2.12. The number of hydrogen-bond donors (Lipinski definition) is 2. The van der Waals surface area contributed by atoms with Crippen LogP contribution < -0.4 is 10.6 Å². The fraction of sp³-hybridized carbons (Fsp3) is 0.706. The highest BCUT2D eigenvalue weighted by Crippen LogP contribution is 2.01. The van der Waals surface area contributed by atoms with Gasteiger partial charge in [-0.25, -0.2) is 0 Å². The van der Waals surface area contributed by atoms with Gasteiger partial charge in [0.25, 0.3) is 0 Å². The molecule has 0 radical (unpaired) electrons. The lowest BCUT2D eigenvalue weighted by atomic mass is 10.4. The number of hydrogen-bond acceptors (Lipinski definition) is 5. The molecule has 0 fully saturated rings. The van der Waals surface area contributed by atoms with Gasteiger partial charge in [0.1, 0.15) is 12.4 Å². The van der Waals surface area contributed by atoms with E-state index in [0.29, 0.717) is 13.2 Å². The van der Waals surface area contributed by atoms with Crippen LogP contribution in [0.2, 0.25) is 0 Å². The van der Waals surface area contributed by atoms with E-state index in [-0.39, 0.29) is 24.0 Å². The van der Waals surface area contributed by atoms with Crippen molar-refractivity contribution in [3.63, 3.8) is 0 Å². The number of nitrogens with zero attached hydrogens (tertiary/aromatic N) is 2. The van der Waals surface area contributed by atoms with E-state index >= 15 is 0 Å². The quantitative estimate of drug-likeness (QED) is 0.200. The minimum Gasteiger partial charge on any atom is -0.467 e. The Bertz CT molecular complexity index is 430. The average Bonchev–Trinajstić information content (AvgIpc) is 3.10. The molecule has 0 aromatic carbocycles. The first-order valence-electron chi connectivity index (χ1n) is 8.48. The van der Waals surface area contributed by atoms with Crippen molar-refractivity contribution in [2.75, 3.05) is 60.6 Å². The molecule has 1 heterocycles. The van der Waals surface area contributed by atoms with Crippen molar-refractivity contribution in [1.82, 2.24) is 15.5 Å². The van der Waals surface area contributed by atoms with Crippen LogP contribution in [0.3, 0.4) is 0 Å². The minimum absolute atomic E-state index is 0. The van der Waals surface area contributed by atoms with Crippen molar-refractivity contribution in [3.8, 4) is 0 Å². The molecule has 0 aliphatic heterocycles. The van der Waals surface area contributed by atoms with Crippen molar-refractivity contribution < 1.29 is 13.9 Å². The molecular weight excluding hydrogens is 435 g/mol. The smallest absolute Gasteiger partial charge is 0.191 e. The summed E-state index contributed by atoms with van der Waals surface area (Å²) in [7, 11) is 5.63. The Kier molecular flexibility index (Phi) is 16.1. The Morgan fingerprint density at radius 1 is 1.20 bits per heavy atom. The predicted octanol–water partition coefficient (Wildman–Crippen LogP) is 1.94. The molecular formula is C17H33IN4O3. The average molecular weight is 468 g/mol. The summed E-state index contributed by atoms with van der Waals surface area (Å²) in [6, 6.07) is 3.78. The van der Waals surface area contributed by atoms with E-state index in [4.69, 9.17) is 13.9 Å². The first-order chi connectivity index (χ1) is 11.8. The van der Waals surface area contributed by atoms with Crippen molar-refractivity contribution in [2.24, 2.45) is 4.99 Å². The fourth-order valence-electron chi connectivity index (χ4n) is 2.12. The van der Waals surface area contributed by atoms with E-state index in [0.717, 1.165) is 57.3 Å². The highest BCUT2D eigenvalue weighted by molar-refractivity contribution is 14.0. The van der Waals surface area contributed by atoms with Crippen LogP contribution in [0.15, 0.2) is 27.8 Å². The number of ether oxygens (including phenoxy) is 2. The van der Waals surface area contributed by atoms with Gasteiger partial charge < -0.3 is 29.4 Å². The van der Waals surface area contributed by atoms with E-state index in [9.17, 15) is 0 Å². The standard InChI is InChI=1S/C17H32N4O3.HI/c1-18-17(20-9-11-21(2)10-6-12-22-3)19-8-5-13-23-15-16-7-4-14-24-16;/h4,7,14H,5-6,8-13,15H2,1-3H3,(H2,18,19,20);1H. The summed E-state index contributed by atoms with van der Waals surface area (Å²) in [6.45, 7) is 5.70. The number of nitrogens with one attached hydrogen (secondary N) is 2. The lowest BCUT2D eigenvalue weighted by molar-refractivity contribution is 0.105. The largest absolute Gasteiger partial charge is 0.467 e. The van der Waals surface area contributed by atoms with Gasteiger partial charge in [0, 0.05) is 53.6 Å². The van der Waals surface area contributed by atoms with E-state index in [2.05, 4.69) is 27.6 Å². The SMILES string of the molecule is CN=C(NCCCOCc1ccco1)NCCN(C)CCCOC.I. The predicted molar refractivity (Wildman–Crippen MR) is 112 cm³/mol. The number of rotatable bonds is 13. The number of guanidine groups is 1. The van der Waals surface area contributed by atoms with Gasteiger partial charge in [0.05, 0.1) is 6.26 Å². The maximum Gasteiger partial charge on any atom is 0.191 e. The summed E-state index contributed by atoms with van der Waals surface area (Å²) >= 11 is 0. The third kappa shape index (κ3) is 13.1. The van der Waals surface area contributed by atoms with Crippen LogP contribution in [0.4, 0.5) is 0 Å².